The molecular formula is C28H28N4O3S. The lowest BCUT2D eigenvalue weighted by Crippen LogP contribution is -2.42. The van der Waals surface area contributed by atoms with E-state index in [1.807, 2.05) is 66.7 Å². The first-order valence-electron chi connectivity index (χ1n) is 11.7. The van der Waals surface area contributed by atoms with E-state index >= 15 is 0 Å². The molecule has 0 spiro atoms. The van der Waals surface area contributed by atoms with E-state index in [2.05, 4.69) is 16.4 Å². The Kier molecular flexibility index (Phi) is 8.39. The third kappa shape index (κ3) is 6.52. The third-order valence-corrected chi connectivity index (χ3v) is 6.99. The van der Waals surface area contributed by atoms with Crippen molar-refractivity contribution in [2.24, 2.45) is 5.73 Å². The molecule has 0 bridgehead atoms. The maximum absolute atomic E-state index is 12.7. The van der Waals surface area contributed by atoms with Gasteiger partial charge < -0.3 is 20.6 Å². The molecule has 2 atom stereocenters. The number of nitrogens with one attached hydrogen (secondary N) is 1. The summed E-state index contributed by atoms with van der Waals surface area (Å²) < 4.78 is 5.88. The number of para-hydroxylation sites is 2. The topological polar surface area (TPSA) is 125 Å². The molecule has 0 saturated carbocycles. The lowest BCUT2D eigenvalue weighted by Gasteiger charge is -2.25. The maximum atomic E-state index is 12.7. The van der Waals surface area contributed by atoms with Crippen molar-refractivity contribution in [3.05, 3.63) is 101 Å². The van der Waals surface area contributed by atoms with Gasteiger partial charge in [0, 0.05) is 5.75 Å². The molecule has 4 aromatic rings. The molecule has 0 saturated heterocycles. The van der Waals surface area contributed by atoms with E-state index < -0.39 is 11.0 Å². The largest absolute Gasteiger partial charge is 0.437 e. The van der Waals surface area contributed by atoms with E-state index in [-0.39, 0.29) is 24.8 Å². The van der Waals surface area contributed by atoms with Crippen LogP contribution in [0.3, 0.4) is 0 Å². The number of aliphatic hydroxyl groups is 1. The van der Waals surface area contributed by atoms with Crippen LogP contribution < -0.4 is 11.1 Å². The minimum absolute atomic E-state index is 0.0554. The SMILES string of the molecule is N#Cc1ccccc1CSC(N)CC(=O)NCC(O)(CCc1ccccc1)c1nc2ccccc2o1. The van der Waals surface area contributed by atoms with Crippen molar-refractivity contribution < 1.29 is 14.3 Å². The second-order valence-electron chi connectivity index (χ2n) is 8.60. The number of hydrogen-bond acceptors (Lipinski definition) is 7. The number of aryl methyl sites for hydroxylation is 1. The highest BCUT2D eigenvalue weighted by molar-refractivity contribution is 7.99. The van der Waals surface area contributed by atoms with Crippen LogP contribution in [0.2, 0.25) is 0 Å². The van der Waals surface area contributed by atoms with Gasteiger partial charge in [0.15, 0.2) is 11.2 Å². The van der Waals surface area contributed by atoms with Gasteiger partial charge in [-0.1, -0.05) is 60.7 Å². The molecule has 2 unspecified atom stereocenters. The van der Waals surface area contributed by atoms with Gasteiger partial charge >= 0.3 is 0 Å². The summed E-state index contributed by atoms with van der Waals surface area (Å²) >= 11 is 1.40. The summed E-state index contributed by atoms with van der Waals surface area (Å²) in [5.74, 6) is 0.423. The highest BCUT2D eigenvalue weighted by Crippen LogP contribution is 2.29. The number of thioether (sulfide) groups is 1. The van der Waals surface area contributed by atoms with Crippen molar-refractivity contribution in [1.82, 2.24) is 10.3 Å². The minimum Gasteiger partial charge on any atom is -0.437 e. The van der Waals surface area contributed by atoms with Gasteiger partial charge in [-0.25, -0.2) is 4.98 Å². The van der Waals surface area contributed by atoms with Crippen molar-refractivity contribution in [2.75, 3.05) is 6.54 Å². The summed E-state index contributed by atoms with van der Waals surface area (Å²) in [7, 11) is 0. The maximum Gasteiger partial charge on any atom is 0.229 e. The van der Waals surface area contributed by atoms with Gasteiger partial charge in [0.25, 0.3) is 0 Å². The van der Waals surface area contributed by atoms with Gasteiger partial charge in [-0.05, 0) is 42.2 Å². The van der Waals surface area contributed by atoms with Gasteiger partial charge in [-0.3, -0.25) is 4.79 Å². The lowest BCUT2D eigenvalue weighted by molar-refractivity contribution is -0.122. The number of benzene rings is 3. The zero-order chi connectivity index (χ0) is 25.4. The Bertz CT molecular complexity index is 1320. The summed E-state index contributed by atoms with van der Waals surface area (Å²) in [5, 5.41) is 23.2. The highest BCUT2D eigenvalue weighted by atomic mass is 32.2. The van der Waals surface area contributed by atoms with Crippen LogP contribution >= 0.6 is 11.8 Å². The van der Waals surface area contributed by atoms with Gasteiger partial charge in [0.1, 0.15) is 5.52 Å². The molecule has 0 aliphatic heterocycles. The number of carbonyl (C=O) groups is 1. The zero-order valence-electron chi connectivity index (χ0n) is 19.8. The molecule has 3 aromatic carbocycles. The molecule has 0 radical (unpaired) electrons. The van der Waals surface area contributed by atoms with E-state index in [4.69, 9.17) is 10.2 Å². The smallest absolute Gasteiger partial charge is 0.229 e. The lowest BCUT2D eigenvalue weighted by atomic mass is 9.94. The second kappa shape index (κ2) is 11.9. The zero-order valence-corrected chi connectivity index (χ0v) is 20.6. The molecule has 184 valence electrons. The van der Waals surface area contributed by atoms with Crippen molar-refractivity contribution in [3.63, 3.8) is 0 Å². The van der Waals surface area contributed by atoms with Crippen LogP contribution in [0.4, 0.5) is 0 Å². The molecule has 8 heteroatoms. The average Bonchev–Trinajstić information content (AvgIpc) is 3.36. The summed E-state index contributed by atoms with van der Waals surface area (Å²) in [4.78, 5) is 17.2. The minimum atomic E-state index is -1.49. The average molecular weight is 501 g/mol. The van der Waals surface area contributed by atoms with Crippen molar-refractivity contribution in [2.45, 2.75) is 36.0 Å². The third-order valence-electron chi connectivity index (χ3n) is 5.92. The Labute approximate surface area is 214 Å². The fourth-order valence-electron chi connectivity index (χ4n) is 3.85. The van der Waals surface area contributed by atoms with Crippen LogP contribution in [0.5, 0.6) is 0 Å². The highest BCUT2D eigenvalue weighted by Gasteiger charge is 2.35. The molecule has 0 aliphatic carbocycles. The second-order valence-corrected chi connectivity index (χ2v) is 9.83. The summed E-state index contributed by atoms with van der Waals surface area (Å²) in [6, 6.07) is 26.6. The van der Waals surface area contributed by atoms with Crippen molar-refractivity contribution in [1.29, 1.82) is 5.26 Å². The predicted octanol–water partition coefficient (Wildman–Crippen LogP) is 4.24. The number of nitrogens with zero attached hydrogens (tertiary/aromatic N) is 2. The molecule has 36 heavy (non-hydrogen) atoms. The van der Waals surface area contributed by atoms with Crippen LogP contribution in [0.25, 0.3) is 11.1 Å². The summed E-state index contributed by atoms with van der Waals surface area (Å²) in [6.45, 7) is -0.0554. The molecule has 4 N–H and O–H groups in total. The Morgan fingerprint density at radius 2 is 1.83 bits per heavy atom. The number of aromatic nitrogens is 1. The molecule has 1 amide bonds. The van der Waals surface area contributed by atoms with Gasteiger partial charge in [-0.2, -0.15) is 5.26 Å². The Hall–Kier alpha value is -3.64. The number of oxazole rings is 1. The monoisotopic (exact) mass is 500 g/mol. The summed E-state index contributed by atoms with van der Waals surface area (Å²) in [6.07, 6.45) is 0.969. The Balaban J connectivity index is 1.39. The van der Waals surface area contributed by atoms with Gasteiger partial charge in [0.2, 0.25) is 11.8 Å². The molecule has 4 rings (SSSR count). The number of fused-ring (bicyclic) bond motifs is 1. The number of nitriles is 1. The Morgan fingerprint density at radius 1 is 1.11 bits per heavy atom. The van der Waals surface area contributed by atoms with Gasteiger partial charge in [-0.15, -0.1) is 11.8 Å². The summed E-state index contributed by atoms with van der Waals surface area (Å²) in [5.41, 5.74) is 8.45. The number of rotatable bonds is 11. The van der Waals surface area contributed by atoms with Crippen LogP contribution in [-0.2, 0) is 22.6 Å². The first-order valence-corrected chi connectivity index (χ1v) is 12.8. The van der Waals surface area contributed by atoms with E-state index in [0.717, 1.165) is 11.1 Å². The first kappa shape index (κ1) is 25.5. The quantitative estimate of drug-likeness (QED) is 0.263. The van der Waals surface area contributed by atoms with Crippen LogP contribution in [-0.4, -0.2) is 27.9 Å². The van der Waals surface area contributed by atoms with Crippen LogP contribution in [0, 0.1) is 11.3 Å². The van der Waals surface area contributed by atoms with Crippen molar-refractivity contribution >= 4 is 28.8 Å². The van der Waals surface area contributed by atoms with Gasteiger partial charge in [0.05, 0.1) is 30.0 Å². The van der Waals surface area contributed by atoms with Crippen molar-refractivity contribution in [3.8, 4) is 6.07 Å². The molecule has 0 fully saturated rings. The molecule has 1 aromatic heterocycles. The fraction of sp³-hybridized carbons (Fsp3) is 0.250. The Morgan fingerprint density at radius 3 is 2.61 bits per heavy atom. The molecule has 1 heterocycles. The normalized spacial score (nSPS) is 13.6. The standard InChI is InChI=1S/C28H28N4O3S/c29-17-21-10-4-5-11-22(21)18-36-25(30)16-26(33)31-19-28(34,15-14-20-8-2-1-3-9-20)27-32-23-12-6-7-13-24(23)35-27/h1-13,25,34H,14-16,18-19,30H2,(H,31,33). The molecular weight excluding hydrogens is 472 g/mol. The van der Waals surface area contributed by atoms with E-state index in [1.54, 1.807) is 12.1 Å². The number of nitrogens with two attached hydrogens (primary N) is 1. The molecule has 7 nitrogen and oxygen atoms in total. The predicted molar refractivity (Wildman–Crippen MR) is 141 cm³/mol. The number of hydrogen-bond donors (Lipinski definition) is 3. The van der Waals surface area contributed by atoms with E-state index in [9.17, 15) is 15.2 Å². The molecule has 0 aliphatic rings. The van der Waals surface area contributed by atoms with E-state index in [1.165, 1.54) is 11.8 Å². The number of amides is 1. The van der Waals surface area contributed by atoms with Crippen LogP contribution in [0.15, 0.2) is 83.3 Å². The first-order chi connectivity index (χ1) is 17.5. The fourth-order valence-corrected chi connectivity index (χ4v) is 4.76. The number of carbonyl (C=O) groups excluding carboxylic acids is 1. The van der Waals surface area contributed by atoms with Crippen LogP contribution in [0.1, 0.15) is 35.4 Å². The van der Waals surface area contributed by atoms with E-state index in [0.29, 0.717) is 35.3 Å².